The van der Waals surface area contributed by atoms with E-state index in [0.29, 0.717) is 18.5 Å². The molecule has 1 atom stereocenters. The number of carbonyl (C=O) groups is 2. The Morgan fingerprint density at radius 3 is 2.63 bits per heavy atom. The van der Waals surface area contributed by atoms with E-state index in [9.17, 15) is 9.59 Å². The van der Waals surface area contributed by atoms with Gasteiger partial charge in [0.15, 0.2) is 0 Å². The van der Waals surface area contributed by atoms with E-state index in [-0.39, 0.29) is 11.8 Å². The van der Waals surface area contributed by atoms with Crippen molar-refractivity contribution in [2.24, 2.45) is 5.73 Å². The second-order valence-electron chi connectivity index (χ2n) is 7.58. The average molecular weight is 400 g/mol. The van der Waals surface area contributed by atoms with Crippen molar-refractivity contribution in [2.75, 3.05) is 13.1 Å². The maximum atomic E-state index is 12.9. The molecule has 1 saturated heterocycles. The van der Waals surface area contributed by atoms with Crippen LogP contribution in [0.25, 0.3) is 11.3 Å². The van der Waals surface area contributed by atoms with Gasteiger partial charge in [0.1, 0.15) is 0 Å². The number of benzene rings is 2. The molecule has 3 aromatic rings. The quantitative estimate of drug-likeness (QED) is 0.712. The summed E-state index contributed by atoms with van der Waals surface area (Å²) in [5, 5.41) is 0. The number of nitrogens with two attached hydrogens (primary N) is 1. The molecule has 152 valence electrons. The molecule has 0 saturated carbocycles. The van der Waals surface area contributed by atoms with Gasteiger partial charge in [0, 0.05) is 42.5 Å². The Bertz CT molecular complexity index is 1050. The molecule has 1 fully saturated rings. The Morgan fingerprint density at radius 1 is 1.03 bits per heavy atom. The summed E-state index contributed by atoms with van der Waals surface area (Å²) in [5.74, 6) is -0.246. The zero-order valence-electron chi connectivity index (χ0n) is 16.7. The first-order chi connectivity index (χ1) is 14.6. The van der Waals surface area contributed by atoms with E-state index in [1.807, 2.05) is 41.3 Å². The van der Waals surface area contributed by atoms with Crippen LogP contribution in [0.2, 0.25) is 0 Å². The summed E-state index contributed by atoms with van der Waals surface area (Å²) in [7, 11) is 0. The summed E-state index contributed by atoms with van der Waals surface area (Å²) in [6.07, 6.45) is 5.60. The second-order valence-corrected chi connectivity index (χ2v) is 7.58. The molecule has 2 N–H and O–H groups in total. The summed E-state index contributed by atoms with van der Waals surface area (Å²) in [6.45, 7) is 1.38. The Labute approximate surface area is 175 Å². The number of rotatable bonds is 5. The number of primary amides is 1. The number of aromatic nitrogens is 2. The van der Waals surface area contributed by atoms with Crippen LogP contribution in [0.15, 0.2) is 67.0 Å². The Balaban J connectivity index is 1.56. The van der Waals surface area contributed by atoms with Crippen molar-refractivity contribution in [3.63, 3.8) is 0 Å². The summed E-state index contributed by atoms with van der Waals surface area (Å²) in [4.78, 5) is 35.5. The highest BCUT2D eigenvalue weighted by Crippen LogP contribution is 2.32. The third kappa shape index (κ3) is 4.38. The van der Waals surface area contributed by atoms with Gasteiger partial charge in [-0.05, 0) is 30.5 Å². The molecule has 2 heterocycles. The van der Waals surface area contributed by atoms with Crippen LogP contribution in [0.3, 0.4) is 0 Å². The van der Waals surface area contributed by atoms with Crippen LogP contribution < -0.4 is 5.73 Å². The molecule has 1 aliphatic rings. The predicted molar refractivity (Wildman–Crippen MR) is 115 cm³/mol. The average Bonchev–Trinajstić information content (AvgIpc) is 2.80. The van der Waals surface area contributed by atoms with E-state index < -0.39 is 5.91 Å². The third-order valence-corrected chi connectivity index (χ3v) is 5.51. The molecule has 0 aliphatic carbocycles. The lowest BCUT2D eigenvalue weighted by Gasteiger charge is -2.33. The van der Waals surface area contributed by atoms with Gasteiger partial charge in [0.2, 0.25) is 11.8 Å². The zero-order chi connectivity index (χ0) is 20.9. The summed E-state index contributed by atoms with van der Waals surface area (Å²) >= 11 is 0. The van der Waals surface area contributed by atoms with Crippen molar-refractivity contribution in [1.29, 1.82) is 0 Å². The van der Waals surface area contributed by atoms with Gasteiger partial charge in [0.25, 0.3) is 0 Å². The maximum absolute atomic E-state index is 12.9. The first-order valence-electron chi connectivity index (χ1n) is 10.1. The number of carbonyl (C=O) groups excluding carboxylic acids is 2. The molecule has 4 rings (SSSR count). The number of hydrogen-bond donors (Lipinski definition) is 1. The molecular formula is C24H24N4O2. The molecule has 1 aromatic heterocycles. The van der Waals surface area contributed by atoms with Crippen LogP contribution >= 0.6 is 0 Å². The number of likely N-dealkylation sites (tertiary alicyclic amines) is 1. The molecule has 2 aromatic carbocycles. The molecule has 1 aliphatic heterocycles. The van der Waals surface area contributed by atoms with E-state index in [0.717, 1.165) is 41.9 Å². The van der Waals surface area contributed by atoms with Crippen molar-refractivity contribution in [1.82, 2.24) is 14.9 Å². The molecule has 2 amide bonds. The number of hydrogen-bond acceptors (Lipinski definition) is 4. The number of piperidine rings is 1. The number of nitrogens with zero attached hydrogens (tertiary/aromatic N) is 3. The smallest absolute Gasteiger partial charge is 0.248 e. The topological polar surface area (TPSA) is 89.2 Å². The fourth-order valence-electron chi connectivity index (χ4n) is 4.00. The monoisotopic (exact) mass is 400 g/mol. The molecule has 0 unspecified atom stereocenters. The molecular weight excluding hydrogens is 376 g/mol. The lowest BCUT2D eigenvalue weighted by atomic mass is 9.91. The Kier molecular flexibility index (Phi) is 5.84. The summed E-state index contributed by atoms with van der Waals surface area (Å²) in [6, 6.07) is 16.9. The SMILES string of the molecule is NC(=O)c1cccc(-c2nccnc2[C@@H]2CCCN(C(=O)Cc3ccccc3)C2)c1. The molecule has 30 heavy (non-hydrogen) atoms. The minimum atomic E-state index is -0.474. The van der Waals surface area contributed by atoms with Gasteiger partial charge in [-0.1, -0.05) is 42.5 Å². The van der Waals surface area contributed by atoms with E-state index in [4.69, 9.17) is 5.73 Å². The van der Waals surface area contributed by atoms with Crippen molar-refractivity contribution >= 4 is 11.8 Å². The standard InChI is InChI=1S/C24H24N4O2/c25-24(30)19-9-4-8-18(15-19)22-23(27-12-11-26-22)20-10-5-13-28(16-20)21(29)14-17-6-2-1-3-7-17/h1-4,6-9,11-12,15,20H,5,10,13-14,16H2,(H2,25,30)/t20-/m1/s1. The van der Waals surface area contributed by atoms with Crippen LogP contribution in [-0.4, -0.2) is 39.8 Å². The molecule has 6 nitrogen and oxygen atoms in total. The fourth-order valence-corrected chi connectivity index (χ4v) is 4.00. The van der Waals surface area contributed by atoms with Gasteiger partial charge in [-0.25, -0.2) is 0 Å². The van der Waals surface area contributed by atoms with Crippen molar-refractivity contribution in [3.05, 3.63) is 83.8 Å². The van der Waals surface area contributed by atoms with Crippen molar-refractivity contribution in [2.45, 2.75) is 25.2 Å². The number of amides is 2. The van der Waals surface area contributed by atoms with Crippen molar-refractivity contribution < 1.29 is 9.59 Å². The van der Waals surface area contributed by atoms with E-state index in [1.165, 1.54) is 0 Å². The van der Waals surface area contributed by atoms with Crippen molar-refractivity contribution in [3.8, 4) is 11.3 Å². The van der Waals surface area contributed by atoms with E-state index in [1.54, 1.807) is 30.6 Å². The molecule has 0 spiro atoms. The van der Waals surface area contributed by atoms with Gasteiger partial charge in [-0.3, -0.25) is 19.6 Å². The second kappa shape index (κ2) is 8.86. The largest absolute Gasteiger partial charge is 0.366 e. The highest BCUT2D eigenvalue weighted by molar-refractivity contribution is 5.94. The lowest BCUT2D eigenvalue weighted by Crippen LogP contribution is -2.40. The molecule has 0 radical (unpaired) electrons. The van der Waals surface area contributed by atoms with Crippen LogP contribution in [0.5, 0.6) is 0 Å². The van der Waals surface area contributed by atoms with Gasteiger partial charge in [-0.15, -0.1) is 0 Å². The van der Waals surface area contributed by atoms with Crippen LogP contribution in [0.1, 0.15) is 40.4 Å². The normalized spacial score (nSPS) is 16.3. The zero-order valence-corrected chi connectivity index (χ0v) is 16.7. The van der Waals surface area contributed by atoms with Gasteiger partial charge in [0.05, 0.1) is 17.8 Å². The highest BCUT2D eigenvalue weighted by atomic mass is 16.2. The van der Waals surface area contributed by atoms with Crippen LogP contribution in [0, 0.1) is 0 Å². The molecule has 0 bridgehead atoms. The van der Waals surface area contributed by atoms with Gasteiger partial charge in [-0.2, -0.15) is 0 Å². The fraction of sp³-hybridized carbons (Fsp3) is 0.250. The first-order valence-corrected chi connectivity index (χ1v) is 10.1. The van der Waals surface area contributed by atoms with Gasteiger partial charge >= 0.3 is 0 Å². The predicted octanol–water partition coefficient (Wildman–Crippen LogP) is 3.19. The van der Waals surface area contributed by atoms with E-state index >= 15 is 0 Å². The summed E-state index contributed by atoms with van der Waals surface area (Å²) < 4.78 is 0. The maximum Gasteiger partial charge on any atom is 0.248 e. The van der Waals surface area contributed by atoms with Crippen LogP contribution in [0.4, 0.5) is 0 Å². The van der Waals surface area contributed by atoms with Crippen LogP contribution in [-0.2, 0) is 11.2 Å². The van der Waals surface area contributed by atoms with Gasteiger partial charge < -0.3 is 10.6 Å². The Hall–Kier alpha value is -3.54. The first kappa shape index (κ1) is 19.8. The van der Waals surface area contributed by atoms with E-state index in [2.05, 4.69) is 9.97 Å². The minimum absolute atomic E-state index is 0.0967. The summed E-state index contributed by atoms with van der Waals surface area (Å²) in [5.41, 5.74) is 9.30. The lowest BCUT2D eigenvalue weighted by molar-refractivity contribution is -0.131. The molecule has 6 heteroatoms. The Morgan fingerprint density at radius 2 is 1.83 bits per heavy atom. The third-order valence-electron chi connectivity index (χ3n) is 5.51. The minimum Gasteiger partial charge on any atom is -0.366 e. The highest BCUT2D eigenvalue weighted by Gasteiger charge is 2.28.